The highest BCUT2D eigenvalue weighted by Gasteiger charge is 2.21. The molecule has 3 heteroatoms. The first-order chi connectivity index (χ1) is 11.7. The molecule has 1 heterocycles. The van der Waals surface area contributed by atoms with E-state index >= 15 is 0 Å². The van der Waals surface area contributed by atoms with Crippen LogP contribution in [0.15, 0.2) is 60.8 Å². The number of aryl methyl sites for hydroxylation is 1. The van der Waals surface area contributed by atoms with Gasteiger partial charge in [-0.2, -0.15) is 0 Å². The van der Waals surface area contributed by atoms with Crippen LogP contribution in [0.1, 0.15) is 27.9 Å². The number of aromatic hydroxyl groups is 1. The molecule has 2 nitrogen and oxygen atoms in total. The van der Waals surface area contributed by atoms with E-state index < -0.39 is 0 Å². The van der Waals surface area contributed by atoms with E-state index in [1.807, 2.05) is 30.3 Å². The van der Waals surface area contributed by atoms with Crippen LogP contribution in [0.25, 0.3) is 11.6 Å². The first-order valence-electron chi connectivity index (χ1n) is 7.95. The minimum absolute atomic E-state index is 0.179. The van der Waals surface area contributed by atoms with Crippen molar-refractivity contribution in [2.75, 3.05) is 0 Å². The molecule has 0 atom stereocenters. The van der Waals surface area contributed by atoms with Crippen LogP contribution in [0.3, 0.4) is 0 Å². The molecule has 2 aromatic carbocycles. The van der Waals surface area contributed by atoms with Crippen molar-refractivity contribution in [1.29, 1.82) is 0 Å². The molecule has 1 aromatic heterocycles. The molecule has 0 amide bonds. The fourth-order valence-electron chi connectivity index (χ4n) is 3.27. The van der Waals surface area contributed by atoms with Gasteiger partial charge in [-0.05, 0) is 65.4 Å². The van der Waals surface area contributed by atoms with Gasteiger partial charge >= 0.3 is 0 Å². The van der Waals surface area contributed by atoms with E-state index in [0.29, 0.717) is 12.8 Å². The fraction of sp³-hybridized carbons (Fsp3) is 0.0952. The highest BCUT2D eigenvalue weighted by Crippen LogP contribution is 2.35. The Balaban J connectivity index is 1.99. The summed E-state index contributed by atoms with van der Waals surface area (Å²) in [6.07, 6.45) is 5.10. The molecule has 118 valence electrons. The molecule has 0 bridgehead atoms. The van der Waals surface area contributed by atoms with E-state index in [-0.39, 0.29) is 11.6 Å². The number of nitrogens with zero attached hydrogens (tertiary/aromatic N) is 1. The first-order valence-corrected chi connectivity index (χ1v) is 7.95. The molecule has 1 aliphatic carbocycles. The third-order valence-corrected chi connectivity index (χ3v) is 4.38. The second-order valence-corrected chi connectivity index (χ2v) is 5.92. The SMILES string of the molecule is Oc1cccc(/C=C2\c3cccnc3CCc3c(F)cccc32)c1. The number of pyridine rings is 1. The Hall–Kier alpha value is -2.94. The molecule has 0 saturated carbocycles. The average Bonchev–Trinajstić information content (AvgIpc) is 2.74. The zero-order valence-electron chi connectivity index (χ0n) is 13.0. The second-order valence-electron chi connectivity index (χ2n) is 5.92. The smallest absolute Gasteiger partial charge is 0.127 e. The zero-order chi connectivity index (χ0) is 16.5. The number of phenolic OH excluding ortho intramolecular Hbond substituents is 1. The van der Waals surface area contributed by atoms with E-state index in [1.165, 1.54) is 6.07 Å². The van der Waals surface area contributed by atoms with E-state index in [1.54, 1.807) is 30.5 Å². The molecule has 24 heavy (non-hydrogen) atoms. The number of hydrogen-bond donors (Lipinski definition) is 1. The summed E-state index contributed by atoms with van der Waals surface area (Å²) < 4.78 is 14.4. The number of benzene rings is 2. The van der Waals surface area contributed by atoms with E-state index in [9.17, 15) is 9.50 Å². The van der Waals surface area contributed by atoms with Crippen molar-refractivity contribution in [3.05, 3.63) is 94.6 Å². The molecule has 0 spiro atoms. The number of phenols is 1. The van der Waals surface area contributed by atoms with Crippen LogP contribution in [0.5, 0.6) is 5.75 Å². The molecule has 0 radical (unpaired) electrons. The van der Waals surface area contributed by atoms with Gasteiger partial charge in [-0.3, -0.25) is 4.98 Å². The Morgan fingerprint density at radius 2 is 1.79 bits per heavy atom. The van der Waals surface area contributed by atoms with Crippen molar-refractivity contribution in [1.82, 2.24) is 4.98 Å². The first kappa shape index (κ1) is 14.6. The summed E-state index contributed by atoms with van der Waals surface area (Å²) in [5.41, 5.74) is 5.42. The topological polar surface area (TPSA) is 33.1 Å². The maximum Gasteiger partial charge on any atom is 0.127 e. The minimum Gasteiger partial charge on any atom is -0.508 e. The van der Waals surface area contributed by atoms with Gasteiger partial charge in [0.15, 0.2) is 0 Å². The maximum atomic E-state index is 14.4. The van der Waals surface area contributed by atoms with Crippen molar-refractivity contribution < 1.29 is 9.50 Å². The van der Waals surface area contributed by atoms with Crippen LogP contribution in [-0.2, 0) is 12.8 Å². The van der Waals surface area contributed by atoms with Crippen LogP contribution in [0.4, 0.5) is 4.39 Å². The lowest BCUT2D eigenvalue weighted by Crippen LogP contribution is -1.96. The fourth-order valence-corrected chi connectivity index (χ4v) is 3.27. The van der Waals surface area contributed by atoms with Crippen molar-refractivity contribution >= 4 is 11.6 Å². The predicted molar refractivity (Wildman–Crippen MR) is 93.1 cm³/mol. The standard InChI is InChI=1S/C21H16FNO/c22-20-8-2-6-16-17(20)9-10-21-18(7-3-11-23-21)19(16)13-14-4-1-5-15(24)12-14/h1-8,11-13,24H,9-10H2/b19-13-. The van der Waals surface area contributed by atoms with Gasteiger partial charge in [0.25, 0.3) is 0 Å². The summed E-state index contributed by atoms with van der Waals surface area (Å²) in [6, 6.07) is 16.2. The highest BCUT2D eigenvalue weighted by atomic mass is 19.1. The summed E-state index contributed by atoms with van der Waals surface area (Å²) in [5.74, 6) is 0.0333. The maximum absolute atomic E-state index is 14.4. The summed E-state index contributed by atoms with van der Waals surface area (Å²) in [4.78, 5) is 4.49. The van der Waals surface area contributed by atoms with Crippen LogP contribution in [-0.4, -0.2) is 10.1 Å². The lowest BCUT2D eigenvalue weighted by molar-refractivity contribution is 0.475. The van der Waals surface area contributed by atoms with Gasteiger partial charge < -0.3 is 5.11 Å². The zero-order valence-corrected chi connectivity index (χ0v) is 13.0. The lowest BCUT2D eigenvalue weighted by Gasteiger charge is -2.12. The normalized spacial score (nSPS) is 14.8. The molecule has 3 aromatic rings. The van der Waals surface area contributed by atoms with E-state index in [2.05, 4.69) is 4.98 Å². The Bertz CT molecular complexity index is 946. The van der Waals surface area contributed by atoms with Gasteiger partial charge in [0.2, 0.25) is 0 Å². The quantitative estimate of drug-likeness (QED) is 0.711. The molecule has 4 rings (SSSR count). The minimum atomic E-state index is -0.179. The van der Waals surface area contributed by atoms with Crippen molar-refractivity contribution in [2.45, 2.75) is 12.8 Å². The van der Waals surface area contributed by atoms with Gasteiger partial charge in [-0.15, -0.1) is 0 Å². The Labute approximate surface area is 139 Å². The Kier molecular flexibility index (Phi) is 3.62. The van der Waals surface area contributed by atoms with Gasteiger partial charge in [-0.25, -0.2) is 4.39 Å². The lowest BCUT2D eigenvalue weighted by atomic mass is 9.93. The molecule has 1 aliphatic rings. The van der Waals surface area contributed by atoms with Crippen LogP contribution < -0.4 is 0 Å². The third-order valence-electron chi connectivity index (χ3n) is 4.38. The van der Waals surface area contributed by atoms with Gasteiger partial charge in [0.05, 0.1) is 0 Å². The Morgan fingerprint density at radius 3 is 2.67 bits per heavy atom. The van der Waals surface area contributed by atoms with Crippen LogP contribution in [0.2, 0.25) is 0 Å². The van der Waals surface area contributed by atoms with Crippen molar-refractivity contribution in [3.8, 4) is 5.75 Å². The third kappa shape index (κ3) is 2.58. The van der Waals surface area contributed by atoms with E-state index in [0.717, 1.165) is 33.5 Å². The number of aromatic nitrogens is 1. The highest BCUT2D eigenvalue weighted by molar-refractivity contribution is 5.93. The molecular formula is C21H16FNO. The molecule has 0 saturated heterocycles. The second kappa shape index (κ2) is 5.93. The molecule has 0 fully saturated rings. The summed E-state index contributed by atoms with van der Waals surface area (Å²) >= 11 is 0. The van der Waals surface area contributed by atoms with Crippen LogP contribution >= 0.6 is 0 Å². The number of fused-ring (bicyclic) bond motifs is 2. The van der Waals surface area contributed by atoms with Crippen molar-refractivity contribution in [2.24, 2.45) is 0 Å². The summed E-state index contributed by atoms with van der Waals surface area (Å²) in [6.45, 7) is 0. The van der Waals surface area contributed by atoms with Gasteiger partial charge in [-0.1, -0.05) is 30.3 Å². The monoisotopic (exact) mass is 317 g/mol. The molecule has 0 unspecified atom stereocenters. The van der Waals surface area contributed by atoms with Crippen LogP contribution in [0, 0.1) is 5.82 Å². The largest absolute Gasteiger partial charge is 0.508 e. The molecular weight excluding hydrogens is 301 g/mol. The Morgan fingerprint density at radius 1 is 0.958 bits per heavy atom. The van der Waals surface area contributed by atoms with Gasteiger partial charge in [0, 0.05) is 17.5 Å². The van der Waals surface area contributed by atoms with Gasteiger partial charge in [0.1, 0.15) is 11.6 Å². The summed E-state index contributed by atoms with van der Waals surface area (Å²) in [7, 11) is 0. The van der Waals surface area contributed by atoms with E-state index in [4.69, 9.17) is 0 Å². The number of hydrogen-bond acceptors (Lipinski definition) is 2. The number of rotatable bonds is 1. The summed E-state index contributed by atoms with van der Waals surface area (Å²) in [5, 5.41) is 9.73. The average molecular weight is 317 g/mol. The number of halogens is 1. The van der Waals surface area contributed by atoms with Crippen molar-refractivity contribution in [3.63, 3.8) is 0 Å². The predicted octanol–water partition coefficient (Wildman–Crippen LogP) is 4.61. The molecule has 1 N–H and O–H groups in total. The molecule has 0 aliphatic heterocycles.